The number of nitrogens with one attached hydrogen (secondary N) is 1. The van der Waals surface area contributed by atoms with Crippen molar-refractivity contribution in [2.24, 2.45) is 5.41 Å². The summed E-state index contributed by atoms with van der Waals surface area (Å²) >= 11 is 0. The number of carbonyl (C=O) groups excluding carboxylic acids is 1. The zero-order valence-corrected chi connectivity index (χ0v) is 12.1. The van der Waals surface area contributed by atoms with Crippen molar-refractivity contribution in [2.45, 2.75) is 59.5 Å². The molecule has 0 bridgehead atoms. The highest BCUT2D eigenvalue weighted by Crippen LogP contribution is 2.25. The minimum absolute atomic E-state index is 0.139. The predicted octanol–water partition coefficient (Wildman–Crippen LogP) is 2.64. The third-order valence-electron chi connectivity index (χ3n) is 3.16. The molecule has 0 aromatic rings. The lowest BCUT2D eigenvalue weighted by Gasteiger charge is -2.22. The molecule has 0 radical (unpaired) electrons. The summed E-state index contributed by atoms with van der Waals surface area (Å²) < 4.78 is 5.41. The molecule has 4 nitrogen and oxygen atoms in total. The molecule has 0 aromatic carbocycles. The molecule has 0 atom stereocenters. The molecule has 0 aromatic heterocycles. The molecule has 0 aliphatic rings. The first-order valence-corrected chi connectivity index (χ1v) is 6.83. The number of amides is 1. The van der Waals surface area contributed by atoms with E-state index in [1.165, 1.54) is 0 Å². The van der Waals surface area contributed by atoms with Crippen molar-refractivity contribution in [3.05, 3.63) is 0 Å². The molecule has 0 fully saturated rings. The summed E-state index contributed by atoms with van der Waals surface area (Å²) in [7, 11) is 0. The van der Waals surface area contributed by atoms with Crippen LogP contribution in [0.5, 0.6) is 0 Å². The van der Waals surface area contributed by atoms with Crippen LogP contribution in [0.25, 0.3) is 0 Å². The monoisotopic (exact) mass is 254 g/mol. The minimum Gasteiger partial charge on any atom is -0.379 e. The lowest BCUT2D eigenvalue weighted by atomic mass is 9.83. The average Bonchev–Trinajstić information content (AvgIpc) is 2.36. The van der Waals surface area contributed by atoms with Gasteiger partial charge in [0.25, 0.3) is 0 Å². The topological polar surface area (TPSA) is 62.1 Å². The Morgan fingerprint density at radius 2 is 1.94 bits per heavy atom. The number of ether oxygens (including phenoxy) is 1. The highest BCUT2D eigenvalue weighted by molar-refractivity contribution is 5.85. The maximum Gasteiger partial charge on any atom is 0.240 e. The molecule has 1 amide bonds. The second-order valence-electron chi connectivity index (χ2n) is 4.78. The Hall–Kier alpha value is -1.08. The van der Waals surface area contributed by atoms with Gasteiger partial charge >= 0.3 is 0 Å². The van der Waals surface area contributed by atoms with Gasteiger partial charge in [-0.15, -0.1) is 0 Å². The number of carbonyl (C=O) groups is 1. The maximum atomic E-state index is 11.9. The Kier molecular flexibility index (Phi) is 8.40. The fourth-order valence-electron chi connectivity index (χ4n) is 1.70. The van der Waals surface area contributed by atoms with E-state index in [1.54, 1.807) is 0 Å². The molecule has 0 rings (SSSR count). The maximum absolute atomic E-state index is 11.9. The van der Waals surface area contributed by atoms with Gasteiger partial charge < -0.3 is 10.1 Å². The van der Waals surface area contributed by atoms with Crippen molar-refractivity contribution in [3.8, 4) is 6.07 Å². The minimum atomic E-state index is -0.853. The molecule has 18 heavy (non-hydrogen) atoms. The third-order valence-corrected chi connectivity index (χ3v) is 3.16. The van der Waals surface area contributed by atoms with Crippen molar-refractivity contribution < 1.29 is 9.53 Å². The highest BCUT2D eigenvalue weighted by Gasteiger charge is 2.34. The van der Waals surface area contributed by atoms with E-state index >= 15 is 0 Å². The Morgan fingerprint density at radius 3 is 2.39 bits per heavy atom. The van der Waals surface area contributed by atoms with Crippen LogP contribution in [0, 0.1) is 16.7 Å². The van der Waals surface area contributed by atoms with E-state index in [-0.39, 0.29) is 12.0 Å². The molecule has 0 saturated carbocycles. The third kappa shape index (κ3) is 5.50. The summed E-state index contributed by atoms with van der Waals surface area (Å²) in [4.78, 5) is 11.9. The van der Waals surface area contributed by atoms with Crippen LogP contribution in [0.1, 0.15) is 53.4 Å². The number of hydrogen-bond donors (Lipinski definition) is 1. The Balaban J connectivity index is 3.87. The van der Waals surface area contributed by atoms with Crippen LogP contribution in [-0.2, 0) is 9.53 Å². The normalized spacial score (nSPS) is 11.3. The summed E-state index contributed by atoms with van der Waals surface area (Å²) in [6.07, 6.45) is 3.18. The number of nitriles is 1. The van der Waals surface area contributed by atoms with Crippen molar-refractivity contribution in [1.82, 2.24) is 5.32 Å². The number of unbranched alkanes of at least 4 members (excludes halogenated alkanes) is 1. The van der Waals surface area contributed by atoms with Gasteiger partial charge in [-0.1, -0.05) is 13.8 Å². The van der Waals surface area contributed by atoms with E-state index in [0.717, 1.165) is 19.4 Å². The first-order chi connectivity index (χ1) is 8.52. The van der Waals surface area contributed by atoms with Gasteiger partial charge in [0, 0.05) is 13.2 Å². The Bertz CT molecular complexity index is 278. The standard InChI is InChI=1S/C14H26N2O2/c1-5-14(6-2,11-15)13(17)16-9-7-8-10-18-12(3)4/h12H,5-10H2,1-4H3,(H,16,17). The van der Waals surface area contributed by atoms with Gasteiger partial charge in [0.2, 0.25) is 5.91 Å². The Labute approximate surface area is 111 Å². The lowest BCUT2D eigenvalue weighted by Crippen LogP contribution is -2.39. The van der Waals surface area contributed by atoms with Crippen LogP contribution in [-0.4, -0.2) is 25.2 Å². The van der Waals surface area contributed by atoms with Crippen LogP contribution in [0.2, 0.25) is 0 Å². The van der Waals surface area contributed by atoms with Gasteiger partial charge in [0.05, 0.1) is 12.2 Å². The van der Waals surface area contributed by atoms with Crippen LogP contribution in [0.3, 0.4) is 0 Å². The van der Waals surface area contributed by atoms with E-state index in [4.69, 9.17) is 10.00 Å². The molecular weight excluding hydrogens is 228 g/mol. The summed E-state index contributed by atoms with van der Waals surface area (Å²) in [6.45, 7) is 9.10. The van der Waals surface area contributed by atoms with E-state index in [9.17, 15) is 4.79 Å². The molecular formula is C14H26N2O2. The molecule has 0 aliphatic carbocycles. The number of rotatable bonds is 9. The molecule has 0 heterocycles. The summed E-state index contributed by atoms with van der Waals surface area (Å²) in [5, 5.41) is 12.0. The molecule has 0 spiro atoms. The van der Waals surface area contributed by atoms with Crippen LogP contribution >= 0.6 is 0 Å². The van der Waals surface area contributed by atoms with Crippen LogP contribution in [0.4, 0.5) is 0 Å². The molecule has 4 heteroatoms. The number of nitrogens with zero attached hydrogens (tertiary/aromatic N) is 1. The van der Waals surface area contributed by atoms with Crippen molar-refractivity contribution in [3.63, 3.8) is 0 Å². The fraction of sp³-hybridized carbons (Fsp3) is 0.857. The molecule has 104 valence electrons. The molecule has 0 aliphatic heterocycles. The van der Waals surface area contributed by atoms with Gasteiger partial charge in [0.1, 0.15) is 5.41 Å². The van der Waals surface area contributed by atoms with Gasteiger partial charge in [-0.3, -0.25) is 4.79 Å². The van der Waals surface area contributed by atoms with E-state index in [0.29, 0.717) is 19.4 Å². The van der Waals surface area contributed by atoms with Crippen LogP contribution < -0.4 is 5.32 Å². The lowest BCUT2D eigenvalue weighted by molar-refractivity contribution is -0.128. The smallest absolute Gasteiger partial charge is 0.240 e. The van der Waals surface area contributed by atoms with Crippen LogP contribution in [0.15, 0.2) is 0 Å². The van der Waals surface area contributed by atoms with Crippen molar-refractivity contribution >= 4 is 5.91 Å². The highest BCUT2D eigenvalue weighted by atomic mass is 16.5. The van der Waals surface area contributed by atoms with Crippen molar-refractivity contribution in [2.75, 3.05) is 13.2 Å². The predicted molar refractivity (Wildman–Crippen MR) is 72.0 cm³/mol. The summed E-state index contributed by atoms with van der Waals surface area (Å²) in [5.74, 6) is -0.139. The average molecular weight is 254 g/mol. The summed E-state index contributed by atoms with van der Waals surface area (Å²) in [6, 6.07) is 2.14. The first kappa shape index (κ1) is 16.9. The fourth-order valence-corrected chi connectivity index (χ4v) is 1.70. The Morgan fingerprint density at radius 1 is 1.33 bits per heavy atom. The zero-order valence-electron chi connectivity index (χ0n) is 12.1. The second kappa shape index (κ2) is 8.93. The first-order valence-electron chi connectivity index (χ1n) is 6.83. The quantitative estimate of drug-likeness (QED) is 0.643. The second-order valence-corrected chi connectivity index (χ2v) is 4.78. The van der Waals surface area contributed by atoms with Gasteiger partial charge in [0.15, 0.2) is 0 Å². The van der Waals surface area contributed by atoms with E-state index in [1.807, 2.05) is 27.7 Å². The number of hydrogen-bond acceptors (Lipinski definition) is 3. The van der Waals surface area contributed by atoms with Gasteiger partial charge in [-0.2, -0.15) is 5.26 Å². The van der Waals surface area contributed by atoms with E-state index < -0.39 is 5.41 Å². The summed E-state index contributed by atoms with van der Waals surface area (Å²) in [5.41, 5.74) is -0.853. The SMILES string of the molecule is CCC(C#N)(CC)C(=O)NCCCCOC(C)C. The molecule has 0 saturated heterocycles. The largest absolute Gasteiger partial charge is 0.379 e. The van der Waals surface area contributed by atoms with E-state index in [2.05, 4.69) is 11.4 Å². The molecule has 0 unspecified atom stereocenters. The molecule has 1 N–H and O–H groups in total. The van der Waals surface area contributed by atoms with Gasteiger partial charge in [-0.25, -0.2) is 0 Å². The van der Waals surface area contributed by atoms with Crippen molar-refractivity contribution in [1.29, 1.82) is 5.26 Å². The zero-order chi connectivity index (χ0) is 14.0. The van der Waals surface area contributed by atoms with Gasteiger partial charge in [-0.05, 0) is 39.5 Å².